The van der Waals surface area contributed by atoms with Crippen LogP contribution in [0, 0.1) is 0 Å². The van der Waals surface area contributed by atoms with E-state index in [0.29, 0.717) is 0 Å². The molecule has 0 spiro atoms. The molecule has 0 aliphatic rings. The van der Waals surface area contributed by atoms with E-state index < -0.39 is 29.4 Å². The lowest BCUT2D eigenvalue weighted by molar-refractivity contribution is 0.0398. The summed E-state index contributed by atoms with van der Waals surface area (Å²) in [6.07, 6.45) is -0.0567. The van der Waals surface area contributed by atoms with E-state index in [9.17, 15) is 14.4 Å². The van der Waals surface area contributed by atoms with Gasteiger partial charge in [0.15, 0.2) is 0 Å². The molecule has 1 rings (SSSR count). The highest BCUT2D eigenvalue weighted by atomic mass is 16.6. The molecule has 1 unspecified atom stereocenters. The highest BCUT2D eigenvalue weighted by molar-refractivity contribution is 5.93. The monoisotopic (exact) mass is 408 g/mol. The molecule has 0 aliphatic heterocycles. The standard InChI is InChI=1S/C20H28N2O7/c1-8-20(5,12-21-17(24)28-19(2,3)4)29-18(25)22-14-10-9-13(16(23)27-7)11-15(14)26-6/h8-11H,1,12H2,2-7H3,(H,21,24)(H,22,25). The van der Waals surface area contributed by atoms with Crippen LogP contribution in [0.3, 0.4) is 0 Å². The molecule has 0 bridgehead atoms. The highest BCUT2D eigenvalue weighted by Crippen LogP contribution is 2.26. The Morgan fingerprint density at radius 2 is 1.72 bits per heavy atom. The van der Waals surface area contributed by atoms with Crippen LogP contribution in [-0.2, 0) is 14.2 Å². The Morgan fingerprint density at radius 1 is 1.07 bits per heavy atom. The summed E-state index contributed by atoms with van der Waals surface area (Å²) in [5, 5.41) is 5.07. The van der Waals surface area contributed by atoms with Crippen molar-refractivity contribution in [3.8, 4) is 5.75 Å². The Balaban J connectivity index is 2.79. The first-order valence-electron chi connectivity index (χ1n) is 8.80. The van der Waals surface area contributed by atoms with Crippen molar-refractivity contribution < 1.29 is 33.3 Å². The number of ether oxygens (including phenoxy) is 4. The predicted molar refractivity (Wildman–Crippen MR) is 107 cm³/mol. The second-order valence-electron chi connectivity index (χ2n) is 7.29. The number of amides is 2. The number of anilines is 1. The minimum Gasteiger partial charge on any atom is -0.495 e. The maximum absolute atomic E-state index is 12.3. The van der Waals surface area contributed by atoms with Gasteiger partial charge in [-0.1, -0.05) is 6.58 Å². The fourth-order valence-electron chi connectivity index (χ4n) is 2.10. The predicted octanol–water partition coefficient (Wildman–Crippen LogP) is 3.50. The van der Waals surface area contributed by atoms with Gasteiger partial charge in [0.1, 0.15) is 17.0 Å². The van der Waals surface area contributed by atoms with Crippen molar-refractivity contribution in [3.63, 3.8) is 0 Å². The van der Waals surface area contributed by atoms with E-state index in [0.717, 1.165) is 0 Å². The second kappa shape index (κ2) is 9.81. The van der Waals surface area contributed by atoms with Crippen molar-refractivity contribution in [2.75, 3.05) is 26.1 Å². The number of hydrogen-bond acceptors (Lipinski definition) is 7. The van der Waals surface area contributed by atoms with Crippen molar-refractivity contribution in [2.45, 2.75) is 38.9 Å². The average Bonchev–Trinajstić information content (AvgIpc) is 2.64. The van der Waals surface area contributed by atoms with Crippen LogP contribution in [0.15, 0.2) is 30.9 Å². The number of nitrogens with one attached hydrogen (secondary N) is 2. The first-order chi connectivity index (χ1) is 13.4. The van der Waals surface area contributed by atoms with Gasteiger partial charge in [0.25, 0.3) is 0 Å². The molecule has 0 heterocycles. The topological polar surface area (TPSA) is 112 Å². The van der Waals surface area contributed by atoms with Crippen LogP contribution in [0.4, 0.5) is 15.3 Å². The largest absolute Gasteiger partial charge is 0.495 e. The molecule has 1 aromatic carbocycles. The Morgan fingerprint density at radius 3 is 2.24 bits per heavy atom. The van der Waals surface area contributed by atoms with Gasteiger partial charge < -0.3 is 24.3 Å². The maximum atomic E-state index is 12.3. The zero-order valence-corrected chi connectivity index (χ0v) is 17.6. The van der Waals surface area contributed by atoms with Crippen molar-refractivity contribution >= 4 is 23.8 Å². The van der Waals surface area contributed by atoms with Crippen LogP contribution in [-0.4, -0.2) is 50.1 Å². The number of rotatable bonds is 7. The van der Waals surface area contributed by atoms with Crippen molar-refractivity contribution in [1.29, 1.82) is 0 Å². The number of hydrogen-bond donors (Lipinski definition) is 2. The minimum absolute atomic E-state index is 0.0444. The third-order valence-corrected chi connectivity index (χ3v) is 3.60. The van der Waals surface area contributed by atoms with E-state index in [-0.39, 0.29) is 23.5 Å². The van der Waals surface area contributed by atoms with E-state index in [1.165, 1.54) is 38.5 Å². The molecule has 160 valence electrons. The summed E-state index contributed by atoms with van der Waals surface area (Å²) in [5.74, 6) is -0.290. The SMILES string of the molecule is C=CC(C)(CNC(=O)OC(C)(C)C)OC(=O)Nc1ccc(C(=O)OC)cc1OC. The van der Waals surface area contributed by atoms with Crippen LogP contribution in [0.25, 0.3) is 0 Å². The molecule has 1 atom stereocenters. The van der Waals surface area contributed by atoms with E-state index in [1.807, 2.05) is 0 Å². The maximum Gasteiger partial charge on any atom is 0.412 e. The van der Waals surface area contributed by atoms with Crippen LogP contribution in [0.1, 0.15) is 38.1 Å². The van der Waals surface area contributed by atoms with Crippen molar-refractivity contribution in [2.24, 2.45) is 0 Å². The minimum atomic E-state index is -1.19. The zero-order valence-electron chi connectivity index (χ0n) is 17.6. The molecule has 0 saturated heterocycles. The quantitative estimate of drug-likeness (QED) is 0.403. The summed E-state index contributed by atoms with van der Waals surface area (Å²) in [6, 6.07) is 4.38. The van der Waals surface area contributed by atoms with Crippen LogP contribution < -0.4 is 15.4 Å². The fraction of sp³-hybridized carbons (Fsp3) is 0.450. The molecule has 0 aromatic heterocycles. The Hall–Kier alpha value is -3.23. The van der Waals surface area contributed by atoms with Gasteiger partial charge in [-0.15, -0.1) is 0 Å². The normalized spacial score (nSPS) is 12.8. The molecule has 9 heteroatoms. The van der Waals surface area contributed by atoms with E-state index >= 15 is 0 Å². The summed E-state index contributed by atoms with van der Waals surface area (Å²) in [7, 11) is 2.66. The van der Waals surface area contributed by atoms with Gasteiger partial charge in [0, 0.05) is 0 Å². The zero-order chi connectivity index (χ0) is 22.2. The van der Waals surface area contributed by atoms with Gasteiger partial charge in [-0.05, 0) is 52.0 Å². The Kier molecular flexibility index (Phi) is 8.05. The van der Waals surface area contributed by atoms with E-state index in [2.05, 4.69) is 21.9 Å². The van der Waals surface area contributed by atoms with E-state index in [4.69, 9.17) is 14.2 Å². The molecular formula is C20H28N2O7. The van der Waals surface area contributed by atoms with Gasteiger partial charge in [-0.25, -0.2) is 14.4 Å². The number of alkyl carbamates (subject to hydrolysis) is 1. The van der Waals surface area contributed by atoms with Crippen molar-refractivity contribution in [3.05, 3.63) is 36.4 Å². The Bertz CT molecular complexity index is 771. The molecule has 0 saturated carbocycles. The van der Waals surface area contributed by atoms with Gasteiger partial charge in [-0.2, -0.15) is 0 Å². The molecule has 2 amide bonds. The van der Waals surface area contributed by atoms with Gasteiger partial charge in [0.2, 0.25) is 0 Å². The second-order valence-corrected chi connectivity index (χ2v) is 7.29. The molecule has 29 heavy (non-hydrogen) atoms. The fourth-order valence-corrected chi connectivity index (χ4v) is 2.10. The van der Waals surface area contributed by atoms with Crippen LogP contribution >= 0.6 is 0 Å². The lowest BCUT2D eigenvalue weighted by atomic mass is 10.1. The van der Waals surface area contributed by atoms with E-state index in [1.54, 1.807) is 27.7 Å². The molecule has 9 nitrogen and oxygen atoms in total. The smallest absolute Gasteiger partial charge is 0.412 e. The summed E-state index contributed by atoms with van der Waals surface area (Å²) in [6.45, 7) is 10.4. The molecule has 2 N–H and O–H groups in total. The summed E-state index contributed by atoms with van der Waals surface area (Å²) < 4.78 is 20.4. The van der Waals surface area contributed by atoms with Crippen LogP contribution in [0.5, 0.6) is 5.75 Å². The summed E-state index contributed by atoms with van der Waals surface area (Å²) >= 11 is 0. The Labute approximate surface area is 170 Å². The third kappa shape index (κ3) is 7.73. The number of carbonyl (C=O) groups is 3. The molecule has 1 aromatic rings. The van der Waals surface area contributed by atoms with Gasteiger partial charge in [0.05, 0.1) is 32.0 Å². The van der Waals surface area contributed by atoms with Crippen molar-refractivity contribution in [1.82, 2.24) is 5.32 Å². The van der Waals surface area contributed by atoms with Crippen LogP contribution in [0.2, 0.25) is 0 Å². The molecule has 0 aliphatic carbocycles. The molecular weight excluding hydrogens is 380 g/mol. The molecule has 0 fully saturated rings. The summed E-state index contributed by atoms with van der Waals surface area (Å²) in [4.78, 5) is 35.8. The first kappa shape index (κ1) is 23.8. The van der Waals surface area contributed by atoms with Gasteiger partial charge >= 0.3 is 18.2 Å². The number of benzene rings is 1. The highest BCUT2D eigenvalue weighted by Gasteiger charge is 2.28. The lowest BCUT2D eigenvalue weighted by Crippen LogP contribution is -2.44. The van der Waals surface area contributed by atoms with Gasteiger partial charge in [-0.3, -0.25) is 5.32 Å². The number of carbonyl (C=O) groups excluding carboxylic acids is 3. The first-order valence-corrected chi connectivity index (χ1v) is 8.80. The average molecular weight is 408 g/mol. The number of methoxy groups -OCH3 is 2. The third-order valence-electron chi connectivity index (χ3n) is 3.60. The lowest BCUT2D eigenvalue weighted by Gasteiger charge is -2.27. The summed E-state index contributed by atoms with van der Waals surface area (Å²) in [5.41, 5.74) is -1.29. The molecule has 0 radical (unpaired) electrons. The number of esters is 1.